The number of nitrogens with one attached hydrogen (secondary N) is 2. The van der Waals surface area contributed by atoms with Gasteiger partial charge in [-0.1, -0.05) is 34.3 Å². The number of carbonyl (C=O) groups excluding carboxylic acids is 1. The molecule has 1 saturated heterocycles. The molecular formula is C25H26ClN5OS. The van der Waals surface area contributed by atoms with Gasteiger partial charge in [-0.2, -0.15) is 0 Å². The fourth-order valence-electron chi connectivity index (χ4n) is 4.70. The lowest BCUT2D eigenvalue weighted by atomic mass is 9.89. The Labute approximate surface area is 202 Å². The second-order valence-corrected chi connectivity index (χ2v) is 9.84. The Morgan fingerprint density at radius 1 is 1.27 bits per heavy atom. The van der Waals surface area contributed by atoms with Crippen molar-refractivity contribution in [3.05, 3.63) is 75.4 Å². The van der Waals surface area contributed by atoms with Gasteiger partial charge in [0.15, 0.2) is 0 Å². The van der Waals surface area contributed by atoms with Crippen LogP contribution in [0.15, 0.2) is 48.8 Å². The summed E-state index contributed by atoms with van der Waals surface area (Å²) in [5.74, 6) is 0.399. The zero-order valence-electron chi connectivity index (χ0n) is 18.5. The van der Waals surface area contributed by atoms with Gasteiger partial charge in [0, 0.05) is 23.8 Å². The minimum Gasteiger partial charge on any atom is -0.360 e. The molecule has 0 aliphatic carbocycles. The van der Waals surface area contributed by atoms with Crippen LogP contribution in [0.5, 0.6) is 0 Å². The molecule has 0 spiro atoms. The smallest absolute Gasteiger partial charge is 0.269 e. The predicted molar refractivity (Wildman–Crippen MR) is 134 cm³/mol. The molecule has 1 aliphatic rings. The van der Waals surface area contributed by atoms with Crippen LogP contribution in [0.2, 0.25) is 5.02 Å². The summed E-state index contributed by atoms with van der Waals surface area (Å²) in [5.41, 5.74) is 5.76. The van der Waals surface area contributed by atoms with E-state index in [2.05, 4.69) is 56.1 Å². The monoisotopic (exact) mass is 479 g/mol. The van der Waals surface area contributed by atoms with E-state index in [0.717, 1.165) is 66.7 Å². The summed E-state index contributed by atoms with van der Waals surface area (Å²) in [4.78, 5) is 18.7. The van der Waals surface area contributed by atoms with E-state index in [1.807, 2.05) is 18.2 Å². The third-order valence-corrected chi connectivity index (χ3v) is 7.59. The molecule has 1 aliphatic heterocycles. The van der Waals surface area contributed by atoms with E-state index in [4.69, 9.17) is 11.6 Å². The molecule has 0 saturated carbocycles. The number of carbonyl (C=O) groups is 1. The Morgan fingerprint density at radius 3 is 2.91 bits per heavy atom. The van der Waals surface area contributed by atoms with Gasteiger partial charge in [-0.3, -0.25) is 4.79 Å². The molecular weight excluding hydrogens is 454 g/mol. The Bertz CT molecular complexity index is 1260. The lowest BCUT2D eigenvalue weighted by molar-refractivity contribution is 0.103. The number of anilines is 1. The maximum atomic E-state index is 12.3. The lowest BCUT2D eigenvalue weighted by Gasteiger charge is -2.32. The molecule has 6 nitrogen and oxygen atoms in total. The SMILES string of the molecule is Cc1ccc(NC(=O)c2cnns2)cc1CCN1CCC(c2c[nH]c3c(Cl)cccc23)CC1. The van der Waals surface area contributed by atoms with Crippen molar-refractivity contribution in [1.29, 1.82) is 0 Å². The molecule has 2 aromatic carbocycles. The summed E-state index contributed by atoms with van der Waals surface area (Å²) in [5, 5.41) is 8.73. The van der Waals surface area contributed by atoms with E-state index in [9.17, 15) is 4.79 Å². The molecule has 1 fully saturated rings. The molecule has 1 amide bonds. The highest BCUT2D eigenvalue weighted by Crippen LogP contribution is 2.35. The highest BCUT2D eigenvalue weighted by molar-refractivity contribution is 7.07. The first-order valence-electron chi connectivity index (χ1n) is 11.2. The van der Waals surface area contributed by atoms with Crippen molar-refractivity contribution in [2.24, 2.45) is 0 Å². The van der Waals surface area contributed by atoms with E-state index in [-0.39, 0.29) is 5.91 Å². The summed E-state index contributed by atoms with van der Waals surface area (Å²) >= 11 is 7.44. The minimum atomic E-state index is -0.166. The van der Waals surface area contributed by atoms with Gasteiger partial charge in [-0.25, -0.2) is 0 Å². The number of para-hydroxylation sites is 1. The highest BCUT2D eigenvalue weighted by atomic mass is 35.5. The summed E-state index contributed by atoms with van der Waals surface area (Å²) in [6, 6.07) is 12.2. The number of benzene rings is 2. The molecule has 4 aromatic rings. The molecule has 2 N–H and O–H groups in total. The molecule has 33 heavy (non-hydrogen) atoms. The van der Waals surface area contributed by atoms with Crippen LogP contribution < -0.4 is 5.32 Å². The maximum Gasteiger partial charge on any atom is 0.269 e. The molecule has 3 heterocycles. The van der Waals surface area contributed by atoms with Crippen LogP contribution in [0.4, 0.5) is 5.69 Å². The van der Waals surface area contributed by atoms with E-state index >= 15 is 0 Å². The van der Waals surface area contributed by atoms with Crippen LogP contribution >= 0.6 is 23.1 Å². The van der Waals surface area contributed by atoms with E-state index < -0.39 is 0 Å². The number of aromatic amines is 1. The van der Waals surface area contributed by atoms with Gasteiger partial charge in [-0.15, -0.1) is 5.10 Å². The zero-order valence-corrected chi connectivity index (χ0v) is 20.0. The van der Waals surface area contributed by atoms with Crippen LogP contribution in [-0.2, 0) is 6.42 Å². The molecule has 170 valence electrons. The number of piperidine rings is 1. The second kappa shape index (κ2) is 9.63. The van der Waals surface area contributed by atoms with Crippen molar-refractivity contribution in [3.63, 3.8) is 0 Å². The first-order chi connectivity index (χ1) is 16.1. The number of hydrogen-bond donors (Lipinski definition) is 2. The third-order valence-electron chi connectivity index (χ3n) is 6.61. The van der Waals surface area contributed by atoms with Crippen molar-refractivity contribution in [1.82, 2.24) is 19.5 Å². The Morgan fingerprint density at radius 2 is 2.12 bits per heavy atom. The van der Waals surface area contributed by atoms with Gasteiger partial charge in [0.2, 0.25) is 0 Å². The summed E-state index contributed by atoms with van der Waals surface area (Å²) in [7, 11) is 0. The Balaban J connectivity index is 1.18. The van der Waals surface area contributed by atoms with Gasteiger partial charge in [0.05, 0.1) is 16.7 Å². The molecule has 2 aromatic heterocycles. The lowest BCUT2D eigenvalue weighted by Crippen LogP contribution is -2.34. The number of halogens is 1. The quantitative estimate of drug-likeness (QED) is 0.374. The molecule has 5 rings (SSSR count). The number of rotatable bonds is 6. The van der Waals surface area contributed by atoms with Gasteiger partial charge in [-0.05, 0) is 91.6 Å². The molecule has 0 radical (unpaired) electrons. The topological polar surface area (TPSA) is 73.9 Å². The number of hydrogen-bond acceptors (Lipinski definition) is 5. The number of aryl methyl sites for hydroxylation is 1. The number of likely N-dealkylation sites (tertiary alicyclic amines) is 1. The van der Waals surface area contributed by atoms with E-state index in [1.54, 1.807) is 0 Å². The minimum absolute atomic E-state index is 0.166. The van der Waals surface area contributed by atoms with Crippen LogP contribution in [-0.4, -0.2) is 45.0 Å². The summed E-state index contributed by atoms with van der Waals surface area (Å²) < 4.78 is 3.76. The Hall–Kier alpha value is -2.74. The second-order valence-electron chi connectivity index (χ2n) is 8.65. The number of aromatic nitrogens is 3. The third kappa shape index (κ3) is 4.81. The van der Waals surface area contributed by atoms with Crippen LogP contribution in [0.3, 0.4) is 0 Å². The average Bonchev–Trinajstić information content (AvgIpc) is 3.51. The number of nitrogens with zero attached hydrogens (tertiary/aromatic N) is 3. The Kier molecular flexibility index (Phi) is 6.44. The highest BCUT2D eigenvalue weighted by Gasteiger charge is 2.23. The van der Waals surface area contributed by atoms with Crippen LogP contribution in [0, 0.1) is 6.92 Å². The van der Waals surface area contributed by atoms with E-state index in [1.165, 1.54) is 28.3 Å². The number of H-pyrrole nitrogens is 1. The van der Waals surface area contributed by atoms with Crippen LogP contribution in [0.1, 0.15) is 45.1 Å². The fourth-order valence-corrected chi connectivity index (χ4v) is 5.34. The van der Waals surface area contributed by atoms with Crippen LogP contribution in [0.25, 0.3) is 10.9 Å². The van der Waals surface area contributed by atoms with Crippen molar-refractivity contribution in [2.45, 2.75) is 32.1 Å². The summed E-state index contributed by atoms with van der Waals surface area (Å²) in [6.45, 7) is 5.32. The van der Waals surface area contributed by atoms with Gasteiger partial charge >= 0.3 is 0 Å². The van der Waals surface area contributed by atoms with E-state index in [0.29, 0.717) is 10.8 Å². The average molecular weight is 480 g/mol. The fraction of sp³-hybridized carbons (Fsp3) is 0.320. The summed E-state index contributed by atoms with van der Waals surface area (Å²) in [6.07, 6.45) is 6.89. The molecule has 0 atom stereocenters. The predicted octanol–water partition coefficient (Wildman–Crippen LogP) is 5.66. The standard InChI is InChI=1S/C25H26ClN5OS/c1-16-5-6-19(29-25(32)23-15-28-30-33-23)13-18(16)9-12-31-10-7-17(8-11-31)21-14-27-24-20(21)3-2-4-22(24)26/h2-6,13-15,17,27H,7-12H2,1H3,(H,29,32). The number of fused-ring (bicyclic) bond motifs is 1. The van der Waals surface area contributed by atoms with Crippen molar-refractivity contribution in [2.75, 3.05) is 25.0 Å². The first-order valence-corrected chi connectivity index (χ1v) is 12.4. The molecule has 0 unspecified atom stereocenters. The van der Waals surface area contributed by atoms with Gasteiger partial charge in [0.25, 0.3) is 5.91 Å². The molecule has 8 heteroatoms. The first kappa shape index (κ1) is 22.1. The van der Waals surface area contributed by atoms with Crippen molar-refractivity contribution >= 4 is 45.6 Å². The number of amides is 1. The van der Waals surface area contributed by atoms with Crippen molar-refractivity contribution < 1.29 is 4.79 Å². The largest absolute Gasteiger partial charge is 0.360 e. The zero-order chi connectivity index (χ0) is 22.8. The van der Waals surface area contributed by atoms with Crippen molar-refractivity contribution in [3.8, 4) is 0 Å². The molecule has 0 bridgehead atoms. The maximum absolute atomic E-state index is 12.3. The van der Waals surface area contributed by atoms with Gasteiger partial charge < -0.3 is 15.2 Å². The normalized spacial score (nSPS) is 15.2. The van der Waals surface area contributed by atoms with Gasteiger partial charge in [0.1, 0.15) is 4.88 Å².